The topological polar surface area (TPSA) is 75.6 Å². The van der Waals surface area contributed by atoms with E-state index in [0.29, 0.717) is 5.69 Å². The summed E-state index contributed by atoms with van der Waals surface area (Å²) in [4.78, 5) is 22.4. The number of benzene rings is 2. The number of carboxylic acid groups (broad SMARTS) is 1. The SMILES string of the molecule is O=C(COc1ccc(C(F)(F)F)cc1)Nc1ccc(C(=O)O)cc1. The molecule has 0 aliphatic rings. The number of amides is 1. The van der Waals surface area contributed by atoms with Gasteiger partial charge in [0.05, 0.1) is 11.1 Å². The highest BCUT2D eigenvalue weighted by Crippen LogP contribution is 2.30. The number of hydrogen-bond donors (Lipinski definition) is 2. The highest BCUT2D eigenvalue weighted by atomic mass is 19.4. The van der Waals surface area contributed by atoms with Crippen LogP contribution in [0.2, 0.25) is 0 Å². The van der Waals surface area contributed by atoms with Gasteiger partial charge in [0.25, 0.3) is 5.91 Å². The number of carbonyl (C=O) groups excluding carboxylic acids is 1. The van der Waals surface area contributed by atoms with Crippen molar-refractivity contribution >= 4 is 17.6 Å². The van der Waals surface area contributed by atoms with Crippen molar-refractivity contribution in [2.45, 2.75) is 6.18 Å². The van der Waals surface area contributed by atoms with Crippen molar-refractivity contribution in [3.63, 3.8) is 0 Å². The number of aromatic carboxylic acids is 1. The average molecular weight is 339 g/mol. The number of carboxylic acids is 1. The second kappa shape index (κ2) is 7.03. The Hall–Kier alpha value is -3.03. The predicted octanol–water partition coefficient (Wildman–Crippen LogP) is 3.42. The van der Waals surface area contributed by atoms with Crippen LogP contribution >= 0.6 is 0 Å². The van der Waals surface area contributed by atoms with Crippen molar-refractivity contribution in [1.29, 1.82) is 0 Å². The van der Waals surface area contributed by atoms with Gasteiger partial charge < -0.3 is 15.2 Å². The molecule has 1 amide bonds. The Morgan fingerprint density at radius 1 is 1.00 bits per heavy atom. The summed E-state index contributed by atoms with van der Waals surface area (Å²) in [5, 5.41) is 11.2. The summed E-state index contributed by atoms with van der Waals surface area (Å²) in [7, 11) is 0. The summed E-state index contributed by atoms with van der Waals surface area (Å²) in [5.41, 5.74) is -0.354. The zero-order chi connectivity index (χ0) is 17.7. The lowest BCUT2D eigenvalue weighted by atomic mass is 10.2. The Labute approximate surface area is 134 Å². The normalized spacial score (nSPS) is 11.0. The second-order valence-corrected chi connectivity index (χ2v) is 4.74. The van der Waals surface area contributed by atoms with Gasteiger partial charge in [0, 0.05) is 5.69 Å². The minimum atomic E-state index is -4.43. The quantitative estimate of drug-likeness (QED) is 0.875. The molecule has 0 saturated carbocycles. The number of carbonyl (C=O) groups is 2. The summed E-state index contributed by atoms with van der Waals surface area (Å²) in [5.74, 6) is -1.49. The van der Waals surface area contributed by atoms with Crippen LogP contribution in [0.3, 0.4) is 0 Å². The van der Waals surface area contributed by atoms with Crippen molar-refractivity contribution in [1.82, 2.24) is 0 Å². The van der Waals surface area contributed by atoms with Crippen LogP contribution in [0.4, 0.5) is 18.9 Å². The Balaban J connectivity index is 1.87. The van der Waals surface area contributed by atoms with Crippen LogP contribution in [-0.2, 0) is 11.0 Å². The first-order chi connectivity index (χ1) is 11.3. The third kappa shape index (κ3) is 4.73. The number of hydrogen-bond acceptors (Lipinski definition) is 3. The monoisotopic (exact) mass is 339 g/mol. The van der Waals surface area contributed by atoms with Gasteiger partial charge in [-0.25, -0.2) is 4.79 Å². The molecule has 0 bridgehead atoms. The molecule has 2 aromatic rings. The van der Waals surface area contributed by atoms with Gasteiger partial charge in [0.2, 0.25) is 0 Å². The molecule has 5 nitrogen and oxygen atoms in total. The third-order valence-corrected chi connectivity index (χ3v) is 2.97. The van der Waals surface area contributed by atoms with E-state index in [1.165, 1.54) is 24.3 Å². The van der Waals surface area contributed by atoms with Gasteiger partial charge in [-0.05, 0) is 48.5 Å². The van der Waals surface area contributed by atoms with E-state index in [4.69, 9.17) is 9.84 Å². The molecule has 2 rings (SSSR count). The van der Waals surface area contributed by atoms with Gasteiger partial charge >= 0.3 is 12.1 Å². The zero-order valence-electron chi connectivity index (χ0n) is 12.1. The van der Waals surface area contributed by atoms with Gasteiger partial charge in [-0.3, -0.25) is 4.79 Å². The van der Waals surface area contributed by atoms with E-state index < -0.39 is 30.2 Å². The fourth-order valence-corrected chi connectivity index (χ4v) is 1.78. The Morgan fingerprint density at radius 2 is 1.58 bits per heavy atom. The van der Waals surface area contributed by atoms with Crippen LogP contribution in [0, 0.1) is 0 Å². The number of alkyl halides is 3. The maximum absolute atomic E-state index is 12.4. The molecule has 0 spiro atoms. The molecule has 0 saturated heterocycles. The van der Waals surface area contributed by atoms with E-state index >= 15 is 0 Å². The summed E-state index contributed by atoms with van der Waals surface area (Å²) in [6.45, 7) is -0.397. The van der Waals surface area contributed by atoms with E-state index in [-0.39, 0.29) is 11.3 Å². The molecule has 126 valence electrons. The number of rotatable bonds is 5. The summed E-state index contributed by atoms with van der Waals surface area (Å²) in [6, 6.07) is 9.45. The van der Waals surface area contributed by atoms with Crippen LogP contribution in [0.1, 0.15) is 15.9 Å². The third-order valence-electron chi connectivity index (χ3n) is 2.97. The fourth-order valence-electron chi connectivity index (χ4n) is 1.78. The summed E-state index contributed by atoms with van der Waals surface area (Å²) < 4.78 is 42.3. The molecule has 0 aromatic heterocycles. The zero-order valence-corrected chi connectivity index (χ0v) is 12.1. The second-order valence-electron chi connectivity index (χ2n) is 4.74. The molecule has 2 N–H and O–H groups in total. The van der Waals surface area contributed by atoms with Gasteiger partial charge in [-0.2, -0.15) is 13.2 Å². The van der Waals surface area contributed by atoms with Crippen molar-refractivity contribution in [2.75, 3.05) is 11.9 Å². The average Bonchev–Trinajstić information content (AvgIpc) is 2.53. The number of nitrogens with one attached hydrogen (secondary N) is 1. The number of anilines is 1. The smallest absolute Gasteiger partial charge is 0.416 e. The lowest BCUT2D eigenvalue weighted by Crippen LogP contribution is -2.20. The van der Waals surface area contributed by atoms with Crippen molar-refractivity contribution in [3.05, 3.63) is 59.7 Å². The molecule has 2 aromatic carbocycles. The molecule has 0 radical (unpaired) electrons. The molecule has 0 heterocycles. The van der Waals surface area contributed by atoms with Gasteiger partial charge in [0.1, 0.15) is 5.75 Å². The van der Waals surface area contributed by atoms with Crippen molar-refractivity contribution in [2.24, 2.45) is 0 Å². The molecule has 0 unspecified atom stereocenters. The highest BCUT2D eigenvalue weighted by Gasteiger charge is 2.30. The van der Waals surface area contributed by atoms with Crippen molar-refractivity contribution < 1.29 is 32.6 Å². The van der Waals surface area contributed by atoms with Gasteiger partial charge in [0.15, 0.2) is 6.61 Å². The number of ether oxygens (including phenoxy) is 1. The van der Waals surface area contributed by atoms with E-state index in [1.54, 1.807) is 0 Å². The molecule has 8 heteroatoms. The Morgan fingerprint density at radius 3 is 2.08 bits per heavy atom. The van der Waals surface area contributed by atoms with E-state index in [1.807, 2.05) is 0 Å². The highest BCUT2D eigenvalue weighted by molar-refractivity contribution is 5.93. The predicted molar refractivity (Wildman–Crippen MR) is 79.0 cm³/mol. The minimum Gasteiger partial charge on any atom is -0.484 e. The van der Waals surface area contributed by atoms with E-state index in [9.17, 15) is 22.8 Å². The first kappa shape index (κ1) is 17.3. The van der Waals surface area contributed by atoms with Crippen LogP contribution in [0.15, 0.2) is 48.5 Å². The lowest BCUT2D eigenvalue weighted by molar-refractivity contribution is -0.137. The van der Waals surface area contributed by atoms with Crippen LogP contribution in [0.5, 0.6) is 5.75 Å². The van der Waals surface area contributed by atoms with Gasteiger partial charge in [-0.1, -0.05) is 0 Å². The fraction of sp³-hybridized carbons (Fsp3) is 0.125. The van der Waals surface area contributed by atoms with Crippen LogP contribution < -0.4 is 10.1 Å². The Bertz CT molecular complexity index is 724. The maximum atomic E-state index is 12.4. The summed E-state index contributed by atoms with van der Waals surface area (Å²) >= 11 is 0. The minimum absolute atomic E-state index is 0.0778. The first-order valence-corrected chi connectivity index (χ1v) is 6.69. The van der Waals surface area contributed by atoms with E-state index in [0.717, 1.165) is 24.3 Å². The number of halogens is 3. The van der Waals surface area contributed by atoms with Crippen LogP contribution in [0.25, 0.3) is 0 Å². The molecule has 24 heavy (non-hydrogen) atoms. The van der Waals surface area contributed by atoms with Crippen LogP contribution in [-0.4, -0.2) is 23.6 Å². The standard InChI is InChI=1S/C16H12F3NO4/c17-16(18,19)11-3-7-13(8-4-11)24-9-14(21)20-12-5-1-10(2-6-12)15(22)23/h1-8H,9H2,(H,20,21)(H,22,23). The molecule has 0 aliphatic carbocycles. The Kier molecular flexibility index (Phi) is 5.08. The summed E-state index contributed by atoms with van der Waals surface area (Å²) in [6.07, 6.45) is -4.43. The lowest BCUT2D eigenvalue weighted by Gasteiger charge is -2.09. The largest absolute Gasteiger partial charge is 0.484 e. The molecule has 0 atom stereocenters. The van der Waals surface area contributed by atoms with E-state index in [2.05, 4.69) is 5.32 Å². The van der Waals surface area contributed by atoms with Crippen molar-refractivity contribution in [3.8, 4) is 5.75 Å². The first-order valence-electron chi connectivity index (χ1n) is 6.69. The molecule has 0 aliphatic heterocycles. The van der Waals surface area contributed by atoms with Gasteiger partial charge in [-0.15, -0.1) is 0 Å². The maximum Gasteiger partial charge on any atom is 0.416 e. The molecular formula is C16H12F3NO4. The molecular weight excluding hydrogens is 327 g/mol. The molecule has 0 fully saturated rings.